The second kappa shape index (κ2) is 6.76. The Morgan fingerprint density at radius 2 is 1.84 bits per heavy atom. The molecular formula is C19H17FN2O3. The lowest BCUT2D eigenvalue weighted by Gasteiger charge is -2.07. The fraction of sp³-hybridized carbons (Fsp3) is 0.158. The quantitative estimate of drug-likeness (QED) is 0.736. The molecular weight excluding hydrogens is 323 g/mol. The topological polar surface area (TPSA) is 60.3 Å². The van der Waals surface area contributed by atoms with Gasteiger partial charge in [0, 0.05) is 18.1 Å². The highest BCUT2D eigenvalue weighted by Gasteiger charge is 2.14. The summed E-state index contributed by atoms with van der Waals surface area (Å²) in [5.41, 5.74) is 2.02. The molecule has 2 aromatic carbocycles. The number of esters is 1. The number of nitrogens with zero attached hydrogens (tertiary/aromatic N) is 1. The Morgan fingerprint density at radius 3 is 2.52 bits per heavy atom. The molecule has 0 fully saturated rings. The van der Waals surface area contributed by atoms with Crippen LogP contribution in [0, 0.1) is 5.82 Å². The first-order chi connectivity index (χ1) is 12.0. The molecule has 0 spiro atoms. The number of carbonyl (C=O) groups is 2. The summed E-state index contributed by atoms with van der Waals surface area (Å²) in [6.07, 6.45) is 0. The Bertz CT molecular complexity index is 945. The molecule has 1 N–H and O–H groups in total. The lowest BCUT2D eigenvalue weighted by molar-refractivity contribution is 0.0526. The van der Waals surface area contributed by atoms with Crippen LogP contribution in [-0.2, 0) is 11.8 Å². The Hall–Kier alpha value is -3.15. The first-order valence-corrected chi connectivity index (χ1v) is 7.83. The molecule has 0 saturated carbocycles. The van der Waals surface area contributed by atoms with Gasteiger partial charge in [0.25, 0.3) is 5.91 Å². The largest absolute Gasteiger partial charge is 0.462 e. The zero-order valence-electron chi connectivity index (χ0n) is 13.9. The van der Waals surface area contributed by atoms with Crippen molar-refractivity contribution in [1.82, 2.24) is 4.57 Å². The van der Waals surface area contributed by atoms with Crippen molar-refractivity contribution in [3.05, 3.63) is 65.6 Å². The van der Waals surface area contributed by atoms with E-state index in [9.17, 15) is 14.0 Å². The zero-order valence-corrected chi connectivity index (χ0v) is 13.9. The smallest absolute Gasteiger partial charge is 0.338 e. The number of hydrogen-bond acceptors (Lipinski definition) is 3. The highest BCUT2D eigenvalue weighted by molar-refractivity contribution is 6.06. The average molecular weight is 340 g/mol. The normalized spacial score (nSPS) is 10.7. The van der Waals surface area contributed by atoms with E-state index in [1.54, 1.807) is 54.9 Å². The third kappa shape index (κ3) is 3.38. The number of rotatable bonds is 4. The van der Waals surface area contributed by atoms with Crippen LogP contribution in [0.15, 0.2) is 48.5 Å². The van der Waals surface area contributed by atoms with Crippen molar-refractivity contribution in [2.75, 3.05) is 11.9 Å². The number of halogens is 1. The van der Waals surface area contributed by atoms with Crippen LogP contribution in [0.2, 0.25) is 0 Å². The van der Waals surface area contributed by atoms with E-state index in [1.165, 1.54) is 12.1 Å². The van der Waals surface area contributed by atoms with Gasteiger partial charge in [-0.05, 0) is 55.5 Å². The monoisotopic (exact) mass is 340 g/mol. The predicted molar refractivity (Wildman–Crippen MR) is 93.2 cm³/mol. The Labute approximate surface area is 144 Å². The predicted octanol–water partition coefficient (Wildman–Crippen LogP) is 3.75. The third-order valence-corrected chi connectivity index (χ3v) is 3.89. The zero-order chi connectivity index (χ0) is 18.0. The lowest BCUT2D eigenvalue weighted by atomic mass is 10.2. The number of fused-ring (bicyclic) bond motifs is 1. The summed E-state index contributed by atoms with van der Waals surface area (Å²) < 4.78 is 19.9. The van der Waals surface area contributed by atoms with E-state index in [-0.39, 0.29) is 11.7 Å². The molecule has 1 aromatic heterocycles. The fourth-order valence-electron chi connectivity index (χ4n) is 2.62. The molecule has 0 unspecified atom stereocenters. The van der Waals surface area contributed by atoms with Crippen molar-refractivity contribution in [3.63, 3.8) is 0 Å². The van der Waals surface area contributed by atoms with Crippen molar-refractivity contribution in [2.45, 2.75) is 6.92 Å². The molecule has 5 nitrogen and oxygen atoms in total. The Kier molecular flexibility index (Phi) is 4.52. The van der Waals surface area contributed by atoms with Gasteiger partial charge in [0.2, 0.25) is 0 Å². The number of hydrogen-bond donors (Lipinski definition) is 1. The van der Waals surface area contributed by atoms with Gasteiger partial charge in [-0.3, -0.25) is 4.79 Å². The highest BCUT2D eigenvalue weighted by atomic mass is 19.1. The van der Waals surface area contributed by atoms with Crippen molar-refractivity contribution < 1.29 is 18.7 Å². The van der Waals surface area contributed by atoms with Gasteiger partial charge in [0.15, 0.2) is 0 Å². The molecule has 0 radical (unpaired) electrons. The summed E-state index contributed by atoms with van der Waals surface area (Å²) in [5.74, 6) is -1.07. The number of carbonyl (C=O) groups excluding carboxylic acids is 2. The van der Waals surface area contributed by atoms with Gasteiger partial charge in [0.1, 0.15) is 11.5 Å². The summed E-state index contributed by atoms with van der Waals surface area (Å²) in [4.78, 5) is 24.1. The molecule has 1 amide bonds. The molecule has 25 heavy (non-hydrogen) atoms. The maximum absolute atomic E-state index is 13.4. The van der Waals surface area contributed by atoms with Crippen LogP contribution in [0.3, 0.4) is 0 Å². The molecule has 0 aliphatic rings. The maximum Gasteiger partial charge on any atom is 0.338 e. The van der Waals surface area contributed by atoms with E-state index >= 15 is 0 Å². The van der Waals surface area contributed by atoms with Crippen molar-refractivity contribution in [2.24, 2.45) is 7.05 Å². The number of amides is 1. The minimum absolute atomic E-state index is 0.305. The van der Waals surface area contributed by atoms with E-state index < -0.39 is 5.97 Å². The van der Waals surface area contributed by atoms with Gasteiger partial charge in [0.05, 0.1) is 17.7 Å². The van der Waals surface area contributed by atoms with E-state index in [0.717, 1.165) is 5.39 Å². The van der Waals surface area contributed by atoms with E-state index in [2.05, 4.69) is 5.32 Å². The van der Waals surface area contributed by atoms with Crippen molar-refractivity contribution in [3.8, 4) is 0 Å². The van der Waals surface area contributed by atoms with Gasteiger partial charge in [-0.15, -0.1) is 0 Å². The standard InChI is InChI=1S/C19H17FN2O3/c1-3-25-19(24)12-5-8-15(9-6-12)21-18(23)17-10-13-4-7-14(20)11-16(13)22(17)2/h4-11H,3H2,1-2H3,(H,21,23). The number of ether oxygens (including phenoxy) is 1. The fourth-order valence-corrected chi connectivity index (χ4v) is 2.62. The maximum atomic E-state index is 13.4. The van der Waals surface area contributed by atoms with E-state index in [0.29, 0.717) is 29.1 Å². The van der Waals surface area contributed by atoms with Gasteiger partial charge >= 0.3 is 5.97 Å². The summed E-state index contributed by atoms with van der Waals surface area (Å²) in [6.45, 7) is 2.04. The molecule has 0 saturated heterocycles. The Balaban J connectivity index is 1.80. The second-order valence-electron chi connectivity index (χ2n) is 5.54. The van der Waals surface area contributed by atoms with Gasteiger partial charge < -0.3 is 14.6 Å². The summed E-state index contributed by atoms with van der Waals surface area (Å²) in [7, 11) is 1.71. The molecule has 0 aliphatic heterocycles. The molecule has 128 valence electrons. The van der Waals surface area contributed by atoms with Crippen molar-refractivity contribution in [1.29, 1.82) is 0 Å². The number of aromatic nitrogens is 1. The molecule has 0 bridgehead atoms. The van der Waals surface area contributed by atoms with Gasteiger partial charge in [-0.1, -0.05) is 0 Å². The summed E-state index contributed by atoms with van der Waals surface area (Å²) in [6, 6.07) is 12.5. The van der Waals surface area contributed by atoms with Crippen molar-refractivity contribution >= 4 is 28.5 Å². The summed E-state index contributed by atoms with van der Waals surface area (Å²) >= 11 is 0. The van der Waals surface area contributed by atoms with E-state index in [4.69, 9.17) is 4.74 Å². The van der Waals surface area contributed by atoms with E-state index in [1.807, 2.05) is 0 Å². The molecule has 1 heterocycles. The lowest BCUT2D eigenvalue weighted by Crippen LogP contribution is -2.15. The van der Waals surface area contributed by atoms with Crippen LogP contribution in [-0.4, -0.2) is 23.1 Å². The average Bonchev–Trinajstić information content (AvgIpc) is 2.92. The van der Waals surface area contributed by atoms with Crippen LogP contribution in [0.25, 0.3) is 10.9 Å². The van der Waals surface area contributed by atoms with Crippen LogP contribution in [0.1, 0.15) is 27.8 Å². The molecule has 0 aliphatic carbocycles. The molecule has 3 rings (SSSR count). The van der Waals surface area contributed by atoms with Crippen LogP contribution < -0.4 is 5.32 Å². The van der Waals surface area contributed by atoms with Crippen LogP contribution >= 0.6 is 0 Å². The van der Waals surface area contributed by atoms with Gasteiger partial charge in [-0.25, -0.2) is 9.18 Å². The van der Waals surface area contributed by atoms with Crippen LogP contribution in [0.4, 0.5) is 10.1 Å². The minimum Gasteiger partial charge on any atom is -0.462 e. The number of nitrogens with one attached hydrogen (secondary N) is 1. The number of benzene rings is 2. The van der Waals surface area contributed by atoms with Gasteiger partial charge in [-0.2, -0.15) is 0 Å². The first kappa shape index (κ1) is 16.7. The minimum atomic E-state index is -0.406. The number of aryl methyl sites for hydroxylation is 1. The molecule has 6 heteroatoms. The molecule has 3 aromatic rings. The SMILES string of the molecule is CCOC(=O)c1ccc(NC(=O)c2cc3ccc(F)cc3n2C)cc1. The molecule has 0 atom stereocenters. The second-order valence-corrected chi connectivity index (χ2v) is 5.54. The van der Waals surface area contributed by atoms with Crippen LogP contribution in [0.5, 0.6) is 0 Å². The third-order valence-electron chi connectivity index (χ3n) is 3.89. The first-order valence-electron chi connectivity index (χ1n) is 7.83. The summed E-state index contributed by atoms with van der Waals surface area (Å²) in [5, 5.41) is 3.55. The highest BCUT2D eigenvalue weighted by Crippen LogP contribution is 2.21. The Morgan fingerprint density at radius 1 is 1.12 bits per heavy atom. The number of anilines is 1.